The number of halogens is 2. The lowest BCUT2D eigenvalue weighted by molar-refractivity contribution is -0.119. The lowest BCUT2D eigenvalue weighted by Crippen LogP contribution is -2.25. The zero-order chi connectivity index (χ0) is 21.8. The van der Waals surface area contributed by atoms with Crippen molar-refractivity contribution in [3.63, 3.8) is 0 Å². The van der Waals surface area contributed by atoms with E-state index in [1.165, 1.54) is 24.3 Å². The van der Waals surface area contributed by atoms with Gasteiger partial charge in [-0.3, -0.25) is 9.59 Å². The molecule has 0 spiro atoms. The van der Waals surface area contributed by atoms with Gasteiger partial charge in [0, 0.05) is 15.0 Å². The van der Waals surface area contributed by atoms with Gasteiger partial charge in [-0.2, -0.15) is 0 Å². The number of ether oxygens (including phenoxy) is 2. The Labute approximate surface area is 188 Å². The van der Waals surface area contributed by atoms with Crippen molar-refractivity contribution < 1.29 is 28.7 Å². The summed E-state index contributed by atoms with van der Waals surface area (Å²) in [7, 11) is 0. The van der Waals surface area contributed by atoms with Crippen molar-refractivity contribution in [3.05, 3.63) is 91.8 Å². The number of carbonyl (C=O) groups is 4. The Morgan fingerprint density at radius 3 is 1.73 bits per heavy atom. The maximum Gasteiger partial charge on any atom is 0.343 e. The Morgan fingerprint density at radius 1 is 0.800 bits per heavy atom. The van der Waals surface area contributed by atoms with E-state index in [0.29, 0.717) is 0 Å². The van der Waals surface area contributed by atoms with Gasteiger partial charge in [-0.1, -0.05) is 38.8 Å². The van der Waals surface area contributed by atoms with E-state index in [4.69, 9.17) is 9.47 Å². The molecule has 2 aromatic carbocycles. The van der Waals surface area contributed by atoms with E-state index in [9.17, 15) is 19.2 Å². The summed E-state index contributed by atoms with van der Waals surface area (Å²) in [5.74, 6) is -3.72. The highest BCUT2D eigenvalue weighted by Gasteiger charge is 2.33. The fourth-order valence-corrected chi connectivity index (χ4v) is 3.17. The highest BCUT2D eigenvalue weighted by Crippen LogP contribution is 2.25. The lowest BCUT2D eigenvalue weighted by Gasteiger charge is -2.17. The molecule has 2 aromatic rings. The third-order valence-electron chi connectivity index (χ3n) is 4.17. The third-order valence-corrected chi connectivity index (χ3v) is 5.23. The molecule has 0 fully saturated rings. The van der Waals surface area contributed by atoms with Crippen molar-refractivity contribution in [2.45, 2.75) is 13.3 Å². The number of hydrogen-bond donors (Lipinski definition) is 0. The van der Waals surface area contributed by atoms with Crippen LogP contribution in [-0.2, 0) is 19.1 Å². The predicted molar refractivity (Wildman–Crippen MR) is 115 cm³/mol. The number of allylic oxidation sites excluding steroid dienone is 2. The van der Waals surface area contributed by atoms with E-state index < -0.39 is 29.3 Å². The minimum absolute atomic E-state index is 0.0356. The first-order valence-electron chi connectivity index (χ1n) is 8.79. The Bertz CT molecular complexity index is 1100. The van der Waals surface area contributed by atoms with Crippen molar-refractivity contribution in [1.29, 1.82) is 0 Å². The molecular formula is C22H14Br2O6. The standard InChI is InChI=1S/C22H14Br2O6/c1-2-16-19(26)18(29-21(27)12-3-7-14(23)8-4-12)11-17(25)20(16)30-22(28)13-5-9-15(24)10-6-13/h3-11H,2H2,1H3. The number of benzene rings is 2. The van der Waals surface area contributed by atoms with Crippen LogP contribution in [0.2, 0.25) is 0 Å². The van der Waals surface area contributed by atoms with Crippen LogP contribution in [0, 0.1) is 0 Å². The topological polar surface area (TPSA) is 86.7 Å². The van der Waals surface area contributed by atoms with Gasteiger partial charge in [0.05, 0.1) is 16.7 Å². The molecule has 6 nitrogen and oxygen atoms in total. The Kier molecular flexibility index (Phi) is 6.79. The number of esters is 2. The van der Waals surface area contributed by atoms with Gasteiger partial charge in [0.15, 0.2) is 11.5 Å². The van der Waals surface area contributed by atoms with Crippen LogP contribution in [0.5, 0.6) is 0 Å². The molecule has 1 aliphatic rings. The van der Waals surface area contributed by atoms with Crippen LogP contribution in [-0.4, -0.2) is 23.5 Å². The summed E-state index contributed by atoms with van der Waals surface area (Å²) in [6.07, 6.45) is 0.975. The first kappa shape index (κ1) is 21.9. The van der Waals surface area contributed by atoms with Crippen LogP contribution in [0.15, 0.2) is 80.6 Å². The molecule has 3 rings (SSSR count). The largest absolute Gasteiger partial charge is 0.419 e. The van der Waals surface area contributed by atoms with E-state index in [1.807, 2.05) is 0 Å². The van der Waals surface area contributed by atoms with Gasteiger partial charge in [0.2, 0.25) is 11.6 Å². The molecule has 0 atom stereocenters. The average Bonchev–Trinajstić information content (AvgIpc) is 2.72. The van der Waals surface area contributed by atoms with Crippen LogP contribution in [0.3, 0.4) is 0 Å². The van der Waals surface area contributed by atoms with Crippen molar-refractivity contribution in [2.75, 3.05) is 0 Å². The third kappa shape index (κ3) is 4.83. The Morgan fingerprint density at radius 2 is 1.27 bits per heavy atom. The predicted octanol–water partition coefficient (Wildman–Crippen LogP) is 4.93. The quantitative estimate of drug-likeness (QED) is 0.400. The fraction of sp³-hybridized carbons (Fsp3) is 0.0909. The fourth-order valence-electron chi connectivity index (χ4n) is 2.64. The van der Waals surface area contributed by atoms with Crippen LogP contribution >= 0.6 is 31.9 Å². The Hall–Kier alpha value is -2.84. The van der Waals surface area contributed by atoms with Crippen LogP contribution in [0.4, 0.5) is 0 Å². The van der Waals surface area contributed by atoms with Gasteiger partial charge in [-0.05, 0) is 55.0 Å². The van der Waals surface area contributed by atoms with E-state index in [1.54, 1.807) is 31.2 Å². The van der Waals surface area contributed by atoms with Gasteiger partial charge in [0.25, 0.3) is 0 Å². The lowest BCUT2D eigenvalue weighted by atomic mass is 9.97. The zero-order valence-corrected chi connectivity index (χ0v) is 18.8. The van der Waals surface area contributed by atoms with E-state index >= 15 is 0 Å². The molecule has 0 amide bonds. The summed E-state index contributed by atoms with van der Waals surface area (Å²) >= 11 is 6.53. The number of rotatable bonds is 5. The van der Waals surface area contributed by atoms with Crippen molar-refractivity contribution in [1.82, 2.24) is 0 Å². The molecule has 0 radical (unpaired) electrons. The smallest absolute Gasteiger partial charge is 0.343 e. The van der Waals surface area contributed by atoms with E-state index in [2.05, 4.69) is 31.9 Å². The second-order valence-corrected chi connectivity index (χ2v) is 7.99. The van der Waals surface area contributed by atoms with Gasteiger partial charge >= 0.3 is 11.9 Å². The molecule has 0 saturated heterocycles. The van der Waals surface area contributed by atoms with Crippen molar-refractivity contribution in [3.8, 4) is 0 Å². The molecule has 8 heteroatoms. The monoisotopic (exact) mass is 532 g/mol. The first-order valence-corrected chi connectivity index (χ1v) is 10.4. The highest BCUT2D eigenvalue weighted by molar-refractivity contribution is 9.10. The van der Waals surface area contributed by atoms with Gasteiger partial charge in [-0.25, -0.2) is 9.59 Å². The van der Waals surface area contributed by atoms with E-state index in [0.717, 1.165) is 15.0 Å². The minimum atomic E-state index is -0.777. The van der Waals surface area contributed by atoms with Crippen LogP contribution in [0.1, 0.15) is 34.1 Å². The molecule has 0 aromatic heterocycles. The SMILES string of the molecule is CCC1=C(OC(=O)c2ccc(Br)cc2)C(=O)C=C(OC(=O)c2ccc(Br)cc2)C1=O. The normalized spacial score (nSPS) is 13.8. The van der Waals surface area contributed by atoms with Gasteiger partial charge < -0.3 is 9.47 Å². The van der Waals surface area contributed by atoms with E-state index in [-0.39, 0.29) is 28.9 Å². The Balaban J connectivity index is 1.80. The number of carbonyl (C=O) groups excluding carboxylic acids is 4. The number of Topliss-reactive ketones (excluding diaryl/α,β-unsaturated/α-hetero) is 1. The van der Waals surface area contributed by atoms with Gasteiger partial charge in [0.1, 0.15) is 0 Å². The van der Waals surface area contributed by atoms with Gasteiger partial charge in [-0.15, -0.1) is 0 Å². The second-order valence-electron chi connectivity index (χ2n) is 6.16. The summed E-state index contributed by atoms with van der Waals surface area (Å²) in [5.41, 5.74) is 0.401. The summed E-state index contributed by atoms with van der Waals surface area (Å²) in [6.45, 7) is 1.63. The molecule has 0 aliphatic heterocycles. The average molecular weight is 534 g/mol. The maximum atomic E-state index is 12.7. The number of hydrogen-bond acceptors (Lipinski definition) is 6. The molecule has 30 heavy (non-hydrogen) atoms. The zero-order valence-electron chi connectivity index (χ0n) is 15.6. The molecule has 0 bridgehead atoms. The van der Waals surface area contributed by atoms with Crippen molar-refractivity contribution >= 4 is 55.4 Å². The molecule has 0 unspecified atom stereocenters. The van der Waals surface area contributed by atoms with Crippen molar-refractivity contribution in [2.24, 2.45) is 0 Å². The van der Waals surface area contributed by atoms with Crippen LogP contribution < -0.4 is 0 Å². The minimum Gasteiger partial charge on any atom is -0.419 e. The summed E-state index contributed by atoms with van der Waals surface area (Å²) < 4.78 is 11.9. The molecular weight excluding hydrogens is 520 g/mol. The maximum absolute atomic E-state index is 12.7. The molecule has 0 heterocycles. The first-order chi connectivity index (χ1) is 14.3. The molecule has 1 aliphatic carbocycles. The molecule has 152 valence electrons. The summed E-state index contributed by atoms with van der Waals surface area (Å²) in [5, 5.41) is 0. The summed E-state index contributed by atoms with van der Waals surface area (Å²) in [4.78, 5) is 49.9. The molecule has 0 N–H and O–H groups in total. The molecule has 0 saturated carbocycles. The number of ketones is 2. The highest BCUT2D eigenvalue weighted by atomic mass is 79.9. The summed E-state index contributed by atoms with van der Waals surface area (Å²) in [6, 6.07) is 12.7. The van der Waals surface area contributed by atoms with Crippen LogP contribution in [0.25, 0.3) is 0 Å². The second kappa shape index (κ2) is 9.32.